The summed E-state index contributed by atoms with van der Waals surface area (Å²) in [5.41, 5.74) is 2.52. The molecule has 0 aromatic heterocycles. The molecule has 1 atom stereocenters. The van der Waals surface area contributed by atoms with Crippen molar-refractivity contribution in [3.63, 3.8) is 0 Å². The Hall–Kier alpha value is -2.49. The predicted molar refractivity (Wildman–Crippen MR) is 110 cm³/mol. The van der Waals surface area contributed by atoms with Gasteiger partial charge in [0.2, 0.25) is 0 Å². The molecule has 0 saturated carbocycles. The summed E-state index contributed by atoms with van der Waals surface area (Å²) in [5.74, 6) is 1.39. The Balaban J connectivity index is 1.80. The van der Waals surface area contributed by atoms with E-state index in [0.29, 0.717) is 25.3 Å². The molecule has 0 aliphatic carbocycles. The molecule has 0 saturated heterocycles. The maximum Gasteiger partial charge on any atom is 0.261 e. The predicted octanol–water partition coefficient (Wildman–Crippen LogP) is 4.65. The number of rotatable bonds is 8. The third-order valence-corrected chi connectivity index (χ3v) is 4.35. The molecule has 146 valence electrons. The van der Waals surface area contributed by atoms with E-state index in [2.05, 4.69) is 38.2 Å². The monoisotopic (exact) mass is 369 g/mol. The van der Waals surface area contributed by atoms with Gasteiger partial charge in [-0.2, -0.15) is 0 Å². The maximum absolute atomic E-state index is 12.4. The fourth-order valence-electron chi connectivity index (χ4n) is 2.61. The molecule has 0 radical (unpaired) electrons. The largest absolute Gasteiger partial charge is 0.492 e. The highest BCUT2D eigenvalue weighted by Crippen LogP contribution is 2.24. The van der Waals surface area contributed by atoms with Crippen molar-refractivity contribution in [2.24, 2.45) is 0 Å². The Morgan fingerprint density at radius 1 is 1.00 bits per heavy atom. The van der Waals surface area contributed by atoms with Crippen LogP contribution >= 0.6 is 0 Å². The van der Waals surface area contributed by atoms with Crippen LogP contribution in [0.5, 0.6) is 11.5 Å². The third-order valence-electron chi connectivity index (χ3n) is 4.35. The molecular formula is C23H31NO3. The fraction of sp³-hybridized carbons (Fsp3) is 0.435. The van der Waals surface area contributed by atoms with Crippen molar-refractivity contribution >= 4 is 5.91 Å². The summed E-state index contributed by atoms with van der Waals surface area (Å²) in [5, 5.41) is 2.88. The van der Waals surface area contributed by atoms with Gasteiger partial charge in [-0.25, -0.2) is 0 Å². The van der Waals surface area contributed by atoms with Crippen molar-refractivity contribution in [3.8, 4) is 11.5 Å². The second-order valence-corrected chi connectivity index (χ2v) is 7.74. The number of carbonyl (C=O) groups is 1. The van der Waals surface area contributed by atoms with Crippen LogP contribution in [0.4, 0.5) is 0 Å². The molecule has 4 heteroatoms. The minimum Gasteiger partial charge on any atom is -0.492 e. The first kappa shape index (κ1) is 20.8. The quantitative estimate of drug-likeness (QED) is 0.689. The van der Waals surface area contributed by atoms with Gasteiger partial charge in [0, 0.05) is 0 Å². The molecule has 2 rings (SSSR count). The van der Waals surface area contributed by atoms with Gasteiger partial charge >= 0.3 is 0 Å². The van der Waals surface area contributed by atoms with E-state index in [0.717, 1.165) is 5.75 Å². The van der Waals surface area contributed by atoms with E-state index in [9.17, 15) is 4.79 Å². The maximum atomic E-state index is 12.4. The van der Waals surface area contributed by atoms with Crippen molar-refractivity contribution < 1.29 is 14.3 Å². The summed E-state index contributed by atoms with van der Waals surface area (Å²) in [6.45, 7) is 11.3. The average Bonchev–Trinajstić information content (AvgIpc) is 2.64. The molecule has 27 heavy (non-hydrogen) atoms. The van der Waals surface area contributed by atoms with E-state index in [1.165, 1.54) is 11.1 Å². The zero-order valence-electron chi connectivity index (χ0n) is 17.0. The molecule has 0 unspecified atom stereocenters. The third kappa shape index (κ3) is 6.63. The summed E-state index contributed by atoms with van der Waals surface area (Å²) in [6, 6.07) is 15.8. The van der Waals surface area contributed by atoms with Gasteiger partial charge in [0.05, 0.1) is 6.54 Å². The first-order valence-electron chi connectivity index (χ1n) is 9.54. The number of hydrogen-bond donors (Lipinski definition) is 1. The van der Waals surface area contributed by atoms with E-state index < -0.39 is 6.10 Å². The van der Waals surface area contributed by atoms with Crippen molar-refractivity contribution in [1.29, 1.82) is 0 Å². The lowest BCUT2D eigenvalue weighted by molar-refractivity contribution is -0.128. The number of benzene rings is 2. The number of amides is 1. The summed E-state index contributed by atoms with van der Waals surface area (Å²) in [4.78, 5) is 12.4. The Morgan fingerprint density at radius 3 is 2.15 bits per heavy atom. The Kier molecular flexibility index (Phi) is 7.28. The van der Waals surface area contributed by atoms with E-state index in [1.54, 1.807) is 0 Å². The number of hydrogen-bond acceptors (Lipinski definition) is 3. The first-order valence-corrected chi connectivity index (χ1v) is 9.54. The van der Waals surface area contributed by atoms with Gasteiger partial charge in [-0.1, -0.05) is 57.5 Å². The molecule has 0 fully saturated rings. The number of aryl methyl sites for hydroxylation is 1. The lowest BCUT2D eigenvalue weighted by atomic mass is 9.87. The summed E-state index contributed by atoms with van der Waals surface area (Å²) in [7, 11) is 0. The normalized spacial score (nSPS) is 12.3. The summed E-state index contributed by atoms with van der Waals surface area (Å²) < 4.78 is 11.5. The standard InChI is InChI=1S/C23H31NO3/c1-6-21(27-20-13-9-18(10-14-20)23(3,4)5)22(25)24-15-16-26-19-11-7-17(2)8-12-19/h7-14,21H,6,15-16H2,1-5H3,(H,24,25)/t21-/m1/s1. The van der Waals surface area contributed by atoms with Crippen molar-refractivity contribution in [2.75, 3.05) is 13.2 Å². The van der Waals surface area contributed by atoms with Crippen LogP contribution in [-0.4, -0.2) is 25.2 Å². The van der Waals surface area contributed by atoms with Crippen molar-refractivity contribution in [2.45, 2.75) is 52.6 Å². The lowest BCUT2D eigenvalue weighted by Gasteiger charge is -2.21. The van der Waals surface area contributed by atoms with E-state index in [1.807, 2.05) is 50.2 Å². The van der Waals surface area contributed by atoms with Crippen LogP contribution in [0.3, 0.4) is 0 Å². The minimum absolute atomic E-state index is 0.0948. The molecule has 0 aliphatic heterocycles. The lowest BCUT2D eigenvalue weighted by Crippen LogP contribution is -2.39. The van der Waals surface area contributed by atoms with Gasteiger partial charge in [-0.15, -0.1) is 0 Å². The van der Waals surface area contributed by atoms with Crippen LogP contribution in [-0.2, 0) is 10.2 Å². The summed E-state index contributed by atoms with van der Waals surface area (Å²) in [6.07, 6.45) is 0.0935. The van der Waals surface area contributed by atoms with E-state index in [4.69, 9.17) is 9.47 Å². The molecular weight excluding hydrogens is 338 g/mol. The van der Waals surface area contributed by atoms with Crippen LogP contribution in [0.15, 0.2) is 48.5 Å². The highest BCUT2D eigenvalue weighted by atomic mass is 16.5. The van der Waals surface area contributed by atoms with Gasteiger partial charge in [0.25, 0.3) is 5.91 Å². The smallest absolute Gasteiger partial charge is 0.261 e. The molecule has 1 amide bonds. The minimum atomic E-state index is -0.509. The second-order valence-electron chi connectivity index (χ2n) is 7.74. The van der Waals surface area contributed by atoms with Crippen LogP contribution < -0.4 is 14.8 Å². The van der Waals surface area contributed by atoms with Crippen LogP contribution in [0.1, 0.15) is 45.2 Å². The zero-order chi connectivity index (χ0) is 19.9. The van der Waals surface area contributed by atoms with E-state index in [-0.39, 0.29) is 11.3 Å². The Morgan fingerprint density at radius 2 is 1.59 bits per heavy atom. The molecule has 0 heterocycles. The Labute approximate surface area is 162 Å². The summed E-state index contributed by atoms with van der Waals surface area (Å²) >= 11 is 0. The average molecular weight is 370 g/mol. The topological polar surface area (TPSA) is 47.6 Å². The molecule has 2 aromatic carbocycles. The zero-order valence-corrected chi connectivity index (χ0v) is 17.0. The Bertz CT molecular complexity index is 715. The van der Waals surface area contributed by atoms with Crippen LogP contribution in [0, 0.1) is 6.92 Å². The highest BCUT2D eigenvalue weighted by Gasteiger charge is 2.19. The number of carbonyl (C=O) groups excluding carboxylic acids is 1. The second kappa shape index (κ2) is 9.45. The van der Waals surface area contributed by atoms with Gasteiger partial charge in [-0.05, 0) is 48.6 Å². The number of nitrogens with one attached hydrogen (secondary N) is 1. The molecule has 0 bridgehead atoms. The van der Waals surface area contributed by atoms with Gasteiger partial charge in [0.15, 0.2) is 6.10 Å². The molecule has 2 aromatic rings. The molecule has 1 N–H and O–H groups in total. The highest BCUT2D eigenvalue weighted by molar-refractivity contribution is 5.81. The van der Waals surface area contributed by atoms with E-state index >= 15 is 0 Å². The van der Waals surface area contributed by atoms with Crippen LogP contribution in [0.25, 0.3) is 0 Å². The van der Waals surface area contributed by atoms with Gasteiger partial charge < -0.3 is 14.8 Å². The van der Waals surface area contributed by atoms with Crippen molar-refractivity contribution in [3.05, 3.63) is 59.7 Å². The van der Waals surface area contributed by atoms with Gasteiger partial charge in [0.1, 0.15) is 18.1 Å². The first-order chi connectivity index (χ1) is 12.8. The SMILES string of the molecule is CC[C@@H](Oc1ccc(C(C)(C)C)cc1)C(=O)NCCOc1ccc(C)cc1. The fourth-order valence-corrected chi connectivity index (χ4v) is 2.61. The molecule has 0 aliphatic rings. The molecule has 4 nitrogen and oxygen atoms in total. The molecule has 0 spiro atoms. The van der Waals surface area contributed by atoms with Crippen molar-refractivity contribution in [1.82, 2.24) is 5.32 Å². The van der Waals surface area contributed by atoms with Crippen LogP contribution in [0.2, 0.25) is 0 Å². The van der Waals surface area contributed by atoms with Gasteiger partial charge in [-0.3, -0.25) is 4.79 Å². The number of ether oxygens (including phenoxy) is 2.